The first-order valence-corrected chi connectivity index (χ1v) is 9.98. The van der Waals surface area contributed by atoms with Gasteiger partial charge in [-0.05, 0) is 31.2 Å². The third-order valence-electron chi connectivity index (χ3n) is 5.79. The molecule has 1 aromatic rings. The van der Waals surface area contributed by atoms with Crippen LogP contribution in [0.4, 0.5) is 0 Å². The number of carbonyl (C=O) groups is 2. The molecule has 5 nitrogen and oxygen atoms in total. The zero-order valence-electron chi connectivity index (χ0n) is 15.7. The highest BCUT2D eigenvalue weighted by molar-refractivity contribution is 5.86. The summed E-state index contributed by atoms with van der Waals surface area (Å²) in [6.45, 7) is 2.49. The standard InChI is InChI=1S/C21H31N3O2/c22-21(12-5-2-6-13-21)20(26)24-16-14-23(15-17-24)19(25)11-7-10-18-8-3-1-4-9-18/h1,3-4,8-9H,2,5-7,10-17,22H2. The van der Waals surface area contributed by atoms with E-state index in [-0.39, 0.29) is 11.8 Å². The van der Waals surface area contributed by atoms with Gasteiger partial charge in [0.25, 0.3) is 0 Å². The van der Waals surface area contributed by atoms with Gasteiger partial charge in [0.2, 0.25) is 11.8 Å². The minimum absolute atomic E-state index is 0.0911. The van der Waals surface area contributed by atoms with Gasteiger partial charge in [0.05, 0.1) is 5.54 Å². The van der Waals surface area contributed by atoms with Crippen LogP contribution in [0.25, 0.3) is 0 Å². The normalized spacial score (nSPS) is 20.0. The van der Waals surface area contributed by atoms with Crippen LogP contribution >= 0.6 is 0 Å². The Balaban J connectivity index is 1.41. The summed E-state index contributed by atoms with van der Waals surface area (Å²) >= 11 is 0. The first-order valence-electron chi connectivity index (χ1n) is 9.98. The molecule has 26 heavy (non-hydrogen) atoms. The maximum Gasteiger partial charge on any atom is 0.242 e. The van der Waals surface area contributed by atoms with Crippen LogP contribution in [0.5, 0.6) is 0 Å². The van der Waals surface area contributed by atoms with Crippen molar-refractivity contribution >= 4 is 11.8 Å². The molecule has 1 aliphatic heterocycles. The summed E-state index contributed by atoms with van der Waals surface area (Å²) < 4.78 is 0. The molecular formula is C21H31N3O2. The van der Waals surface area contributed by atoms with Gasteiger partial charge < -0.3 is 15.5 Å². The number of aryl methyl sites for hydroxylation is 1. The Hall–Kier alpha value is -1.88. The Morgan fingerprint density at radius 1 is 0.923 bits per heavy atom. The number of piperazine rings is 1. The second-order valence-electron chi connectivity index (χ2n) is 7.73. The van der Waals surface area contributed by atoms with Crippen molar-refractivity contribution < 1.29 is 9.59 Å². The molecular weight excluding hydrogens is 326 g/mol. The van der Waals surface area contributed by atoms with Crippen LogP contribution < -0.4 is 5.73 Å². The number of nitrogens with two attached hydrogens (primary N) is 1. The van der Waals surface area contributed by atoms with Gasteiger partial charge in [0.1, 0.15) is 0 Å². The summed E-state index contributed by atoms with van der Waals surface area (Å²) in [5.41, 5.74) is 6.99. The van der Waals surface area contributed by atoms with Gasteiger partial charge in [-0.1, -0.05) is 49.6 Å². The molecule has 142 valence electrons. The van der Waals surface area contributed by atoms with Crippen molar-refractivity contribution in [1.29, 1.82) is 0 Å². The molecule has 0 radical (unpaired) electrons. The van der Waals surface area contributed by atoms with Crippen molar-refractivity contribution in [3.8, 4) is 0 Å². The van der Waals surface area contributed by atoms with E-state index in [2.05, 4.69) is 12.1 Å². The van der Waals surface area contributed by atoms with Crippen molar-refractivity contribution in [3.63, 3.8) is 0 Å². The lowest BCUT2D eigenvalue weighted by Crippen LogP contribution is -2.60. The van der Waals surface area contributed by atoms with E-state index in [1.54, 1.807) is 0 Å². The van der Waals surface area contributed by atoms with Gasteiger partial charge in [-0.2, -0.15) is 0 Å². The zero-order chi connectivity index (χ0) is 18.4. The molecule has 2 amide bonds. The molecule has 1 saturated carbocycles. The van der Waals surface area contributed by atoms with Crippen molar-refractivity contribution in [2.75, 3.05) is 26.2 Å². The van der Waals surface area contributed by atoms with Crippen LogP contribution in [0.3, 0.4) is 0 Å². The summed E-state index contributed by atoms with van der Waals surface area (Å²) in [5, 5.41) is 0. The summed E-state index contributed by atoms with van der Waals surface area (Å²) in [7, 11) is 0. The molecule has 1 aliphatic carbocycles. The third-order valence-corrected chi connectivity index (χ3v) is 5.79. The Labute approximate surface area is 156 Å². The van der Waals surface area contributed by atoms with Crippen molar-refractivity contribution in [1.82, 2.24) is 9.80 Å². The second-order valence-corrected chi connectivity index (χ2v) is 7.73. The van der Waals surface area contributed by atoms with Crippen LogP contribution in [0.1, 0.15) is 50.5 Å². The number of hydrogen-bond donors (Lipinski definition) is 1. The highest BCUT2D eigenvalue weighted by atomic mass is 16.2. The van der Waals surface area contributed by atoms with E-state index >= 15 is 0 Å². The molecule has 3 rings (SSSR count). The molecule has 1 heterocycles. The van der Waals surface area contributed by atoms with E-state index in [0.29, 0.717) is 32.6 Å². The van der Waals surface area contributed by atoms with E-state index in [4.69, 9.17) is 5.73 Å². The summed E-state index contributed by atoms with van der Waals surface area (Å²) in [5.74, 6) is 0.293. The van der Waals surface area contributed by atoms with Gasteiger partial charge in [-0.25, -0.2) is 0 Å². The van der Waals surface area contributed by atoms with E-state index in [0.717, 1.165) is 38.5 Å². The molecule has 0 atom stereocenters. The average Bonchev–Trinajstić information content (AvgIpc) is 2.69. The largest absolute Gasteiger partial charge is 0.339 e. The fourth-order valence-corrected chi connectivity index (χ4v) is 4.12. The Morgan fingerprint density at radius 2 is 1.54 bits per heavy atom. The molecule has 0 bridgehead atoms. The fraction of sp³-hybridized carbons (Fsp3) is 0.619. The maximum atomic E-state index is 12.8. The number of rotatable bonds is 5. The number of nitrogens with zero attached hydrogens (tertiary/aromatic N) is 2. The summed E-state index contributed by atoms with van der Waals surface area (Å²) in [6.07, 6.45) is 7.23. The summed E-state index contributed by atoms with van der Waals surface area (Å²) in [6, 6.07) is 10.3. The number of amides is 2. The van der Waals surface area contributed by atoms with Gasteiger partial charge in [-0.15, -0.1) is 0 Å². The highest BCUT2D eigenvalue weighted by Gasteiger charge is 2.39. The second kappa shape index (κ2) is 8.67. The minimum Gasteiger partial charge on any atom is -0.339 e. The quantitative estimate of drug-likeness (QED) is 0.879. The van der Waals surface area contributed by atoms with Crippen LogP contribution in [0.15, 0.2) is 30.3 Å². The lowest BCUT2D eigenvalue weighted by molar-refractivity contribution is -0.144. The van der Waals surface area contributed by atoms with E-state index in [1.165, 1.54) is 12.0 Å². The van der Waals surface area contributed by atoms with Crippen molar-refractivity contribution in [2.24, 2.45) is 5.73 Å². The predicted molar refractivity (Wildman–Crippen MR) is 103 cm³/mol. The molecule has 1 saturated heterocycles. The topological polar surface area (TPSA) is 66.6 Å². The van der Waals surface area contributed by atoms with Gasteiger partial charge in [0.15, 0.2) is 0 Å². The van der Waals surface area contributed by atoms with E-state index < -0.39 is 5.54 Å². The lowest BCUT2D eigenvalue weighted by Gasteiger charge is -2.41. The smallest absolute Gasteiger partial charge is 0.242 e. The molecule has 1 aromatic carbocycles. The van der Waals surface area contributed by atoms with E-state index in [1.807, 2.05) is 28.0 Å². The SMILES string of the molecule is NC1(C(=O)N2CCN(C(=O)CCCc3ccccc3)CC2)CCCCC1. The zero-order valence-corrected chi connectivity index (χ0v) is 15.7. The molecule has 2 fully saturated rings. The lowest BCUT2D eigenvalue weighted by atomic mass is 9.81. The Kier molecular flexibility index (Phi) is 6.30. The first kappa shape index (κ1) is 18.9. The van der Waals surface area contributed by atoms with E-state index in [9.17, 15) is 9.59 Å². The third kappa shape index (κ3) is 4.64. The number of benzene rings is 1. The maximum absolute atomic E-state index is 12.8. The van der Waals surface area contributed by atoms with Crippen molar-refractivity contribution in [3.05, 3.63) is 35.9 Å². The van der Waals surface area contributed by atoms with Crippen LogP contribution in [-0.2, 0) is 16.0 Å². The number of hydrogen-bond acceptors (Lipinski definition) is 3. The highest BCUT2D eigenvalue weighted by Crippen LogP contribution is 2.28. The van der Waals surface area contributed by atoms with Crippen molar-refractivity contribution in [2.45, 2.75) is 56.9 Å². The van der Waals surface area contributed by atoms with Gasteiger partial charge in [-0.3, -0.25) is 9.59 Å². The van der Waals surface area contributed by atoms with Gasteiger partial charge >= 0.3 is 0 Å². The molecule has 2 aliphatic rings. The van der Waals surface area contributed by atoms with Gasteiger partial charge in [0, 0.05) is 32.6 Å². The average molecular weight is 357 g/mol. The Bertz CT molecular complexity index is 603. The summed E-state index contributed by atoms with van der Waals surface area (Å²) in [4.78, 5) is 29.0. The molecule has 0 spiro atoms. The predicted octanol–water partition coefficient (Wildman–Crippen LogP) is 2.34. The number of carbonyl (C=O) groups excluding carboxylic acids is 2. The molecule has 2 N–H and O–H groups in total. The molecule has 0 unspecified atom stereocenters. The Morgan fingerprint density at radius 3 is 2.19 bits per heavy atom. The van der Waals surface area contributed by atoms with Crippen LogP contribution in [-0.4, -0.2) is 53.3 Å². The van der Waals surface area contributed by atoms with Crippen LogP contribution in [0, 0.1) is 0 Å². The minimum atomic E-state index is -0.667. The van der Waals surface area contributed by atoms with Crippen LogP contribution in [0.2, 0.25) is 0 Å². The first-order chi connectivity index (χ1) is 12.6. The molecule has 0 aromatic heterocycles. The molecule has 5 heteroatoms. The fourth-order valence-electron chi connectivity index (χ4n) is 4.12. The monoisotopic (exact) mass is 357 g/mol.